The maximum Gasteiger partial charge on any atom is 0.223 e. The Bertz CT molecular complexity index is 6460. The van der Waals surface area contributed by atoms with Gasteiger partial charge in [0.2, 0.25) is 35.5 Å². The van der Waals surface area contributed by atoms with Crippen LogP contribution in [-0.4, -0.2) is 102 Å². The molecule has 8 aromatic carbocycles. The second-order valence-electron chi connectivity index (χ2n) is 31.6. The molecule has 14 N–H and O–H groups in total. The number of carbonyl (C=O) groups is 1. The van der Waals surface area contributed by atoms with Gasteiger partial charge in [-0.3, -0.25) is 4.79 Å². The zero-order valence-electron chi connectivity index (χ0n) is 68.1. The van der Waals surface area contributed by atoms with Crippen LogP contribution in [0.3, 0.4) is 0 Å². The normalized spacial score (nSPS) is 11.5. The molecule has 0 radical (unpaired) electrons. The highest BCUT2D eigenvalue weighted by Crippen LogP contribution is 2.40. The van der Waals surface area contributed by atoms with Gasteiger partial charge < -0.3 is 63.2 Å². The number of nitrogens with two attached hydrogens (primary N) is 6. The monoisotopic (exact) mass is 1580 g/mol. The van der Waals surface area contributed by atoms with Crippen molar-refractivity contribution >= 4 is 80.4 Å². The van der Waals surface area contributed by atoms with Gasteiger partial charge in [0.25, 0.3) is 0 Å². The van der Waals surface area contributed by atoms with Crippen molar-refractivity contribution in [2.24, 2.45) is 10.9 Å². The Kier molecular flexibility index (Phi) is 24.1. The van der Waals surface area contributed by atoms with Gasteiger partial charge in [0.05, 0.1) is 67.7 Å². The maximum absolute atomic E-state index is 10.2. The standard InChI is InChI=1S/C24H23N7O.C22H23N7O.C22H20N6.C14H19N5.C8H5NO/c1-14-28-21(30-32-14)17-7-5-6-8-18(17)22-29-19-11-15(16-12-26-23(25)27-13-16)9-10-20(19)31(22)24(2,3)4;1-22(2,3)29-18-9-8-13(14-11-25-21(24)26-12-14)10-17(18)27-20(29)16-7-5-4-6-15(16)19(23)28-30;1-22(2,3)28-19-9-8-14(16-12-25-21(24)26-13-16)10-18(19)27-20(28)17-7-5-4-6-15(17)11-23;1-14(2,3)19-12-5-4-9(6-11(12)15)10-7-17-13(16)18-8-10;9-5-7-3-1-2-4-8(7)6-10/h5-13H,1-4H3,(H2,25,26,27);4-12,30H,1-3H3,(H2,23,28)(H2,24,25,26);4-10,12-13H,1-3H3,(H2,24,25,26);4-8,19H,15H2,1-3H3,(H2,16,17,18);1-4,6H. The van der Waals surface area contributed by atoms with Crippen LogP contribution in [-0.2, 0) is 16.6 Å². The lowest BCUT2D eigenvalue weighted by Crippen LogP contribution is -2.26. The van der Waals surface area contributed by atoms with Crippen molar-refractivity contribution in [3.63, 3.8) is 0 Å². The average molecular weight is 1580 g/mol. The van der Waals surface area contributed by atoms with Gasteiger partial charge in [-0.15, -0.1) is 0 Å². The van der Waals surface area contributed by atoms with Crippen LogP contribution >= 0.6 is 0 Å². The van der Waals surface area contributed by atoms with E-state index in [-0.39, 0.29) is 51.8 Å². The van der Waals surface area contributed by atoms with Gasteiger partial charge in [0.1, 0.15) is 17.5 Å². The van der Waals surface area contributed by atoms with Gasteiger partial charge in [0.15, 0.2) is 12.1 Å². The van der Waals surface area contributed by atoms with E-state index >= 15 is 0 Å². The molecule has 29 nitrogen and oxygen atoms in total. The lowest BCUT2D eigenvalue weighted by Gasteiger charge is -2.25. The molecular formula is C90H90N26O3. The summed E-state index contributed by atoms with van der Waals surface area (Å²) in [5.41, 5.74) is 53.7. The zero-order chi connectivity index (χ0) is 85.3. The molecule has 119 heavy (non-hydrogen) atoms. The molecule has 0 atom stereocenters. The number of nitrogen functional groups attached to an aromatic ring is 5. The number of fused-ring (bicyclic) bond motifs is 3. The van der Waals surface area contributed by atoms with Crippen molar-refractivity contribution < 1.29 is 14.5 Å². The Morgan fingerprint density at radius 3 is 1.16 bits per heavy atom. The van der Waals surface area contributed by atoms with Crippen LogP contribution in [0.15, 0.2) is 229 Å². The molecule has 8 aromatic heterocycles. The molecule has 0 unspecified atom stereocenters. The van der Waals surface area contributed by atoms with Crippen LogP contribution in [0, 0.1) is 29.6 Å². The molecule has 0 aliphatic carbocycles. The van der Waals surface area contributed by atoms with Crippen molar-refractivity contribution in [1.29, 1.82) is 10.5 Å². The number of nitriles is 2. The molecule has 0 aliphatic rings. The number of hydrogen-bond acceptors (Lipinski definition) is 25. The van der Waals surface area contributed by atoms with Gasteiger partial charge in [-0.1, -0.05) is 113 Å². The second-order valence-corrected chi connectivity index (χ2v) is 31.6. The summed E-state index contributed by atoms with van der Waals surface area (Å²) in [7, 11) is 0. The first-order valence-corrected chi connectivity index (χ1v) is 37.7. The minimum absolute atomic E-state index is 0.0278. The number of hydrogen-bond donors (Lipinski definition) is 8. The Balaban J connectivity index is 0.000000142. The summed E-state index contributed by atoms with van der Waals surface area (Å²) in [4.78, 5) is 62.0. The third kappa shape index (κ3) is 19.1. The number of aldehydes is 1. The number of amidine groups is 1. The predicted molar refractivity (Wildman–Crippen MR) is 468 cm³/mol. The minimum Gasteiger partial charge on any atom is -0.409 e. The number of oxime groups is 1. The lowest BCUT2D eigenvalue weighted by atomic mass is 10.0. The van der Waals surface area contributed by atoms with Crippen LogP contribution in [0.4, 0.5) is 35.2 Å². The minimum atomic E-state index is -0.256. The first-order valence-electron chi connectivity index (χ1n) is 37.7. The van der Waals surface area contributed by atoms with E-state index in [0.29, 0.717) is 45.9 Å². The van der Waals surface area contributed by atoms with Crippen molar-refractivity contribution in [2.45, 2.75) is 112 Å². The van der Waals surface area contributed by atoms with E-state index in [2.05, 4.69) is 188 Å². The molecular weight excluding hydrogens is 1490 g/mol. The highest BCUT2D eigenvalue weighted by Gasteiger charge is 2.29. The molecule has 0 aliphatic heterocycles. The molecule has 16 aromatic rings. The van der Waals surface area contributed by atoms with E-state index in [4.69, 9.17) is 59.1 Å². The van der Waals surface area contributed by atoms with Crippen LogP contribution in [0.2, 0.25) is 0 Å². The van der Waals surface area contributed by atoms with Crippen LogP contribution in [0.25, 0.3) is 123 Å². The predicted octanol–water partition coefficient (Wildman–Crippen LogP) is 16.7. The summed E-state index contributed by atoms with van der Waals surface area (Å²) >= 11 is 0. The van der Waals surface area contributed by atoms with E-state index < -0.39 is 0 Å². The molecule has 8 heterocycles. The largest absolute Gasteiger partial charge is 0.409 e. The van der Waals surface area contributed by atoms with E-state index in [1.807, 2.05) is 127 Å². The van der Waals surface area contributed by atoms with Crippen LogP contribution in [0.5, 0.6) is 0 Å². The Labute approximate surface area is 687 Å². The zero-order valence-corrected chi connectivity index (χ0v) is 68.1. The van der Waals surface area contributed by atoms with E-state index in [9.17, 15) is 15.3 Å². The van der Waals surface area contributed by atoms with Crippen molar-refractivity contribution in [2.75, 3.05) is 34.0 Å². The molecule has 0 amide bonds. The number of carbonyl (C=O) groups excluding carboxylic acids is 1. The number of benzene rings is 8. The van der Waals surface area contributed by atoms with Crippen LogP contribution < -0.4 is 39.7 Å². The number of aryl methyl sites for hydroxylation is 1. The molecule has 16 rings (SSSR count). The van der Waals surface area contributed by atoms with E-state index in [1.54, 1.807) is 80.8 Å². The highest BCUT2D eigenvalue weighted by molar-refractivity contribution is 6.03. The van der Waals surface area contributed by atoms with Gasteiger partial charge in [-0.25, -0.2) is 54.8 Å². The summed E-state index contributed by atoms with van der Waals surface area (Å²) < 4.78 is 11.8. The summed E-state index contributed by atoms with van der Waals surface area (Å²) in [6.45, 7) is 27.3. The first kappa shape index (κ1) is 82.8. The number of rotatable bonds is 11. The van der Waals surface area contributed by atoms with Gasteiger partial charge in [0, 0.05) is 134 Å². The fourth-order valence-corrected chi connectivity index (χ4v) is 13.3. The maximum atomic E-state index is 10.2. The quantitative estimate of drug-likeness (QED) is 0.0149. The van der Waals surface area contributed by atoms with Gasteiger partial charge in [-0.05, 0) is 172 Å². The summed E-state index contributed by atoms with van der Waals surface area (Å²) in [5, 5.41) is 37.9. The number of imidazole rings is 3. The van der Waals surface area contributed by atoms with Gasteiger partial charge >= 0.3 is 0 Å². The second kappa shape index (κ2) is 34.6. The lowest BCUT2D eigenvalue weighted by molar-refractivity contribution is 0.112. The van der Waals surface area contributed by atoms with Crippen molar-refractivity contribution in [1.82, 2.24) is 78.7 Å². The first-order chi connectivity index (χ1) is 56.7. The SMILES string of the molecule is CC(C)(C)Nc1ccc(-c2cnc(N)nc2)cc1N.CC(C)(C)n1c(-c2ccccc2C#N)nc2cc(-c3cnc(N)nc3)ccc21.CC(C)(C)n1c(-c2ccccc2C(N)=NO)nc2cc(-c3cnc(N)nc3)ccc21.Cc1nc(-c2ccccc2-c2nc3cc(-c4cnc(N)nc4)ccc3n2C(C)(C)C)no1.N#Cc1ccccc1C=O. The Hall–Kier alpha value is -15.7. The van der Waals surface area contributed by atoms with Crippen LogP contribution in [0.1, 0.15) is 116 Å². The molecule has 598 valence electrons. The fourth-order valence-electron chi connectivity index (χ4n) is 13.3. The molecule has 0 bridgehead atoms. The molecule has 0 saturated heterocycles. The van der Waals surface area contributed by atoms with E-state index in [0.717, 1.165) is 123 Å². The number of nitrogens with one attached hydrogen (secondary N) is 1. The Morgan fingerprint density at radius 1 is 0.437 bits per heavy atom. The van der Waals surface area contributed by atoms with E-state index in [1.165, 1.54) is 0 Å². The third-order valence-corrected chi connectivity index (χ3v) is 18.5. The number of anilines is 6. The van der Waals surface area contributed by atoms with Crippen molar-refractivity contribution in [3.8, 4) is 102 Å². The smallest absolute Gasteiger partial charge is 0.223 e. The molecule has 29 heteroatoms. The van der Waals surface area contributed by atoms with Gasteiger partial charge in [-0.2, -0.15) is 15.5 Å². The topological polar surface area (TPSA) is 461 Å². The fraction of sp³-hybridized carbons (Fsp3) is 0.189. The summed E-state index contributed by atoms with van der Waals surface area (Å²) in [6.07, 6.45) is 14.3. The Morgan fingerprint density at radius 2 is 0.790 bits per heavy atom. The average Bonchev–Trinajstić information content (AvgIpc) is 1.61. The molecule has 0 spiro atoms. The van der Waals surface area contributed by atoms with Crippen molar-refractivity contribution in [3.05, 3.63) is 248 Å². The number of aromatic nitrogens is 16. The number of nitrogens with zero attached hydrogens (tertiary/aromatic N) is 19. The third-order valence-electron chi connectivity index (χ3n) is 18.5. The summed E-state index contributed by atoms with van der Waals surface area (Å²) in [6, 6.07) is 58.1. The summed E-state index contributed by atoms with van der Waals surface area (Å²) in [5.74, 6) is 4.48. The molecule has 0 saturated carbocycles. The molecule has 0 fully saturated rings. The highest BCUT2D eigenvalue weighted by atomic mass is 16.5.